The first-order valence-corrected chi connectivity index (χ1v) is 9.96. The molecule has 30 heavy (non-hydrogen) atoms. The average molecular weight is 407 g/mol. The molecule has 1 fully saturated rings. The molecule has 1 aliphatic heterocycles. The van der Waals surface area contributed by atoms with Gasteiger partial charge in [0.2, 0.25) is 0 Å². The van der Waals surface area contributed by atoms with Gasteiger partial charge in [0, 0.05) is 30.9 Å². The monoisotopic (exact) mass is 407 g/mol. The summed E-state index contributed by atoms with van der Waals surface area (Å²) in [5.41, 5.74) is 2.39. The van der Waals surface area contributed by atoms with Crippen LogP contribution in [0.5, 0.6) is 0 Å². The normalized spacial score (nSPS) is 16.6. The van der Waals surface area contributed by atoms with Crippen molar-refractivity contribution in [3.63, 3.8) is 0 Å². The van der Waals surface area contributed by atoms with Crippen molar-refractivity contribution in [2.45, 2.75) is 38.8 Å². The summed E-state index contributed by atoms with van der Waals surface area (Å²) in [7, 11) is 0. The number of nitrogens with zero attached hydrogens (tertiary/aromatic N) is 4. The van der Waals surface area contributed by atoms with Crippen molar-refractivity contribution in [2.24, 2.45) is 0 Å². The highest BCUT2D eigenvalue weighted by Crippen LogP contribution is 2.23. The van der Waals surface area contributed by atoms with Crippen molar-refractivity contribution in [3.05, 3.63) is 48.3 Å². The Morgan fingerprint density at radius 1 is 1.30 bits per heavy atom. The molecule has 4 rings (SSSR count). The van der Waals surface area contributed by atoms with Gasteiger partial charge in [0.15, 0.2) is 0 Å². The second-order valence-electron chi connectivity index (χ2n) is 8.41. The molecule has 0 saturated carbocycles. The first-order valence-electron chi connectivity index (χ1n) is 9.96. The maximum atomic E-state index is 12.3. The molecule has 1 atom stereocenters. The highest BCUT2D eigenvalue weighted by Gasteiger charge is 2.29. The summed E-state index contributed by atoms with van der Waals surface area (Å²) in [6, 6.07) is 9.36. The number of nitrogens with one attached hydrogen (secondary N) is 1. The van der Waals surface area contributed by atoms with E-state index in [0.29, 0.717) is 24.3 Å². The fraction of sp³-hybridized carbons (Fsp3) is 0.364. The first-order chi connectivity index (χ1) is 14.3. The van der Waals surface area contributed by atoms with Crippen LogP contribution in [0.4, 0.5) is 10.6 Å². The van der Waals surface area contributed by atoms with Gasteiger partial charge in [-0.15, -0.1) is 0 Å². The van der Waals surface area contributed by atoms with Gasteiger partial charge < -0.3 is 15.0 Å². The van der Waals surface area contributed by atoms with E-state index in [1.54, 1.807) is 23.2 Å². The predicted molar refractivity (Wildman–Crippen MR) is 114 cm³/mol. The maximum Gasteiger partial charge on any atom is 0.410 e. The predicted octanol–water partition coefficient (Wildman–Crippen LogP) is 3.63. The van der Waals surface area contributed by atoms with Gasteiger partial charge in [-0.25, -0.2) is 14.8 Å². The third kappa shape index (κ3) is 4.27. The van der Waals surface area contributed by atoms with Crippen LogP contribution in [-0.4, -0.2) is 56.4 Å². The lowest BCUT2D eigenvalue weighted by molar-refractivity contribution is 0.0293. The summed E-state index contributed by atoms with van der Waals surface area (Å²) >= 11 is 0. The molecule has 0 aromatic carbocycles. The van der Waals surface area contributed by atoms with E-state index in [-0.39, 0.29) is 12.1 Å². The van der Waals surface area contributed by atoms with E-state index in [9.17, 15) is 9.59 Å². The molecule has 1 aliphatic rings. The Morgan fingerprint density at radius 3 is 2.90 bits per heavy atom. The van der Waals surface area contributed by atoms with E-state index in [0.717, 1.165) is 29.9 Å². The van der Waals surface area contributed by atoms with Gasteiger partial charge >= 0.3 is 6.09 Å². The number of hydrogen-bond acceptors (Lipinski definition) is 6. The first kappa shape index (κ1) is 19.9. The van der Waals surface area contributed by atoms with Gasteiger partial charge in [-0.3, -0.25) is 9.20 Å². The van der Waals surface area contributed by atoms with E-state index in [4.69, 9.17) is 9.72 Å². The Kier molecular flexibility index (Phi) is 5.15. The number of carbonyl (C=O) groups is 2. The van der Waals surface area contributed by atoms with Crippen molar-refractivity contribution < 1.29 is 14.3 Å². The molecule has 0 aliphatic carbocycles. The van der Waals surface area contributed by atoms with Crippen LogP contribution in [-0.2, 0) is 4.74 Å². The summed E-state index contributed by atoms with van der Waals surface area (Å²) in [4.78, 5) is 34.1. The Bertz CT molecular complexity index is 1090. The second-order valence-corrected chi connectivity index (χ2v) is 8.41. The second kappa shape index (κ2) is 7.78. The van der Waals surface area contributed by atoms with Gasteiger partial charge in [0.05, 0.1) is 17.6 Å². The number of aromatic nitrogens is 3. The van der Waals surface area contributed by atoms with Crippen LogP contribution in [0.2, 0.25) is 0 Å². The van der Waals surface area contributed by atoms with E-state index >= 15 is 0 Å². The summed E-state index contributed by atoms with van der Waals surface area (Å²) in [6.45, 7) is 6.83. The number of aldehydes is 1. The molecule has 1 saturated heterocycles. The zero-order valence-electron chi connectivity index (χ0n) is 17.3. The average Bonchev–Trinajstić information content (AvgIpc) is 3.33. The molecule has 1 amide bonds. The minimum absolute atomic E-state index is 0.109. The summed E-state index contributed by atoms with van der Waals surface area (Å²) in [6.07, 6.45) is 4.91. The molecule has 0 bridgehead atoms. The number of anilines is 1. The maximum absolute atomic E-state index is 12.3. The third-order valence-electron chi connectivity index (χ3n) is 4.88. The largest absolute Gasteiger partial charge is 0.444 e. The van der Waals surface area contributed by atoms with Crippen LogP contribution in [0.3, 0.4) is 0 Å². The fourth-order valence-corrected chi connectivity index (χ4v) is 3.50. The quantitative estimate of drug-likeness (QED) is 0.665. The molecule has 8 nitrogen and oxygen atoms in total. The molecule has 156 valence electrons. The number of ether oxygens (including phenoxy) is 1. The molecular weight excluding hydrogens is 382 g/mol. The molecule has 0 spiro atoms. The minimum Gasteiger partial charge on any atom is -0.444 e. The van der Waals surface area contributed by atoms with Gasteiger partial charge in [0.25, 0.3) is 0 Å². The molecule has 3 aromatic rings. The minimum atomic E-state index is -0.501. The highest BCUT2D eigenvalue weighted by atomic mass is 16.6. The van der Waals surface area contributed by atoms with Crippen LogP contribution in [0.15, 0.2) is 42.7 Å². The zero-order valence-corrected chi connectivity index (χ0v) is 17.3. The fourth-order valence-electron chi connectivity index (χ4n) is 3.50. The number of fused-ring (bicyclic) bond motifs is 1. The van der Waals surface area contributed by atoms with Crippen molar-refractivity contribution in [3.8, 4) is 11.4 Å². The summed E-state index contributed by atoms with van der Waals surface area (Å²) in [5, 5.41) is 3.42. The van der Waals surface area contributed by atoms with Crippen LogP contribution < -0.4 is 5.32 Å². The van der Waals surface area contributed by atoms with Gasteiger partial charge in [-0.2, -0.15) is 0 Å². The van der Waals surface area contributed by atoms with Crippen molar-refractivity contribution in [1.82, 2.24) is 19.3 Å². The Hall–Kier alpha value is -3.42. The standard InChI is InChI=1S/C22H25N5O3/c1-22(2,3)30-21(29)26-9-8-16(13-26)24-19-6-4-5-17(25-19)18-12-23-20-11-15(14-28)7-10-27(18)20/h4-7,10-12,14,16H,8-9,13H2,1-3H3,(H,24,25). The van der Waals surface area contributed by atoms with Crippen LogP contribution in [0, 0.1) is 0 Å². The lowest BCUT2D eigenvalue weighted by atomic mass is 10.2. The lowest BCUT2D eigenvalue weighted by Gasteiger charge is -2.24. The SMILES string of the molecule is CC(C)(C)OC(=O)N1CCC(Nc2cccc(-c3cnc4cc(C=O)ccn34)n2)C1. The molecular formula is C22H25N5O3. The Morgan fingerprint density at radius 2 is 2.13 bits per heavy atom. The van der Waals surface area contributed by atoms with Crippen LogP contribution >= 0.6 is 0 Å². The molecule has 3 aromatic heterocycles. The zero-order chi connectivity index (χ0) is 21.3. The van der Waals surface area contributed by atoms with E-state index in [2.05, 4.69) is 10.3 Å². The summed E-state index contributed by atoms with van der Waals surface area (Å²) < 4.78 is 7.36. The van der Waals surface area contributed by atoms with E-state index in [1.165, 1.54) is 0 Å². The summed E-state index contributed by atoms with van der Waals surface area (Å²) in [5.74, 6) is 0.739. The number of likely N-dealkylation sites (tertiary alicyclic amines) is 1. The number of amides is 1. The van der Waals surface area contributed by atoms with Crippen molar-refractivity contribution in [1.29, 1.82) is 0 Å². The van der Waals surface area contributed by atoms with Crippen molar-refractivity contribution >= 4 is 23.8 Å². The number of pyridine rings is 2. The van der Waals surface area contributed by atoms with Crippen LogP contribution in [0.1, 0.15) is 37.6 Å². The lowest BCUT2D eigenvalue weighted by Crippen LogP contribution is -2.36. The molecule has 4 heterocycles. The van der Waals surface area contributed by atoms with Crippen molar-refractivity contribution in [2.75, 3.05) is 18.4 Å². The number of rotatable bonds is 4. The molecule has 1 unspecified atom stereocenters. The van der Waals surface area contributed by atoms with Gasteiger partial charge in [-0.1, -0.05) is 6.07 Å². The van der Waals surface area contributed by atoms with Crippen LogP contribution in [0.25, 0.3) is 17.0 Å². The topological polar surface area (TPSA) is 88.8 Å². The number of imidazole rings is 1. The van der Waals surface area contributed by atoms with E-state index < -0.39 is 5.60 Å². The van der Waals surface area contributed by atoms with Gasteiger partial charge in [-0.05, 0) is 51.5 Å². The Balaban J connectivity index is 1.47. The van der Waals surface area contributed by atoms with Gasteiger partial charge in [0.1, 0.15) is 23.4 Å². The Labute approximate surface area is 174 Å². The molecule has 1 N–H and O–H groups in total. The number of hydrogen-bond donors (Lipinski definition) is 1. The molecule has 8 heteroatoms. The molecule has 0 radical (unpaired) electrons. The van der Waals surface area contributed by atoms with E-state index in [1.807, 2.05) is 49.6 Å². The number of carbonyl (C=O) groups excluding carboxylic acids is 2. The third-order valence-corrected chi connectivity index (χ3v) is 4.88. The smallest absolute Gasteiger partial charge is 0.410 e. The highest BCUT2D eigenvalue weighted by molar-refractivity contribution is 5.77.